The predicted octanol–water partition coefficient (Wildman–Crippen LogP) is 5.48. The van der Waals surface area contributed by atoms with Crippen LogP contribution in [0.2, 0.25) is 0 Å². The summed E-state index contributed by atoms with van der Waals surface area (Å²) in [5.74, 6) is -1.08. The van der Waals surface area contributed by atoms with Crippen LogP contribution in [0.5, 0.6) is 11.5 Å². The van der Waals surface area contributed by atoms with Gasteiger partial charge in [0.05, 0.1) is 40.5 Å². The van der Waals surface area contributed by atoms with E-state index in [2.05, 4.69) is 32.3 Å². The van der Waals surface area contributed by atoms with Crippen molar-refractivity contribution in [3.8, 4) is 22.1 Å². The number of sulfonamides is 1. The van der Waals surface area contributed by atoms with Gasteiger partial charge in [0, 0.05) is 42.1 Å². The zero-order valence-electron chi connectivity index (χ0n) is 34.8. The van der Waals surface area contributed by atoms with Crippen LogP contribution in [-0.2, 0) is 24.3 Å². The monoisotopic (exact) mass is 866 g/mol. The predicted molar refractivity (Wildman–Crippen MR) is 226 cm³/mol. The van der Waals surface area contributed by atoms with Gasteiger partial charge in [-0.2, -0.15) is 0 Å². The van der Waals surface area contributed by atoms with E-state index in [1.54, 1.807) is 52.3 Å². The van der Waals surface area contributed by atoms with Crippen LogP contribution in [-0.4, -0.2) is 107 Å². The molecule has 2 aromatic heterocycles. The van der Waals surface area contributed by atoms with Crippen molar-refractivity contribution in [2.45, 2.75) is 127 Å². The number of rotatable bonds is 13. The number of hydrazine groups is 1. The Morgan fingerprint density at radius 1 is 1.08 bits per heavy atom. The second-order valence-electron chi connectivity index (χ2n) is 17.3. The summed E-state index contributed by atoms with van der Waals surface area (Å²) in [5.41, 5.74) is 1.22. The SMILES string of the molecule is C=C[C@@H]1CC1(NC(=O)[C@@H]1CC(Oc2cc(-c3cnc(NC(C)C)s3)nc3cc(OC)ccc23)CN1C(=O)N(NC(=O)OC1CCCC1)C(C)(C)C)C(=O)NS(=O)(=O)C1CC1. The number of ether oxygens (including phenoxy) is 3. The highest BCUT2D eigenvalue weighted by atomic mass is 32.2. The first-order chi connectivity index (χ1) is 28.4. The number of carbonyl (C=O) groups excluding carboxylic acids is 4. The zero-order valence-corrected chi connectivity index (χ0v) is 36.4. The van der Waals surface area contributed by atoms with Crippen molar-refractivity contribution in [3.05, 3.63) is 43.1 Å². The maximum absolute atomic E-state index is 14.7. The van der Waals surface area contributed by atoms with Gasteiger partial charge in [0.1, 0.15) is 35.3 Å². The van der Waals surface area contributed by atoms with Crippen molar-refractivity contribution in [2.24, 2.45) is 5.92 Å². The highest BCUT2D eigenvalue weighted by Crippen LogP contribution is 2.46. The molecule has 5 amide bonds. The number of carbonyl (C=O) groups is 4. The summed E-state index contributed by atoms with van der Waals surface area (Å²) >= 11 is 1.43. The fourth-order valence-electron chi connectivity index (χ4n) is 7.68. The van der Waals surface area contributed by atoms with Gasteiger partial charge in [0.15, 0.2) is 5.13 Å². The van der Waals surface area contributed by atoms with Crippen LogP contribution < -0.4 is 30.3 Å². The first kappa shape index (κ1) is 42.9. The molecule has 0 radical (unpaired) electrons. The van der Waals surface area contributed by atoms with Crippen molar-refractivity contribution in [2.75, 3.05) is 19.0 Å². The van der Waals surface area contributed by atoms with E-state index >= 15 is 0 Å². The average molecular weight is 867 g/mol. The Bertz CT molecular complexity index is 2270. The molecule has 4 atom stereocenters. The third-order valence-electron chi connectivity index (χ3n) is 11.1. The summed E-state index contributed by atoms with van der Waals surface area (Å²) in [6.45, 7) is 12.9. The second kappa shape index (κ2) is 16.7. The Morgan fingerprint density at radius 3 is 2.45 bits per heavy atom. The number of urea groups is 1. The maximum Gasteiger partial charge on any atom is 0.426 e. The van der Waals surface area contributed by atoms with Gasteiger partial charge in [-0.1, -0.05) is 17.4 Å². The third-order valence-corrected chi connectivity index (χ3v) is 13.9. The average Bonchev–Trinajstić information content (AvgIpc) is 3.98. The molecule has 19 heteroatoms. The molecule has 4 fully saturated rings. The smallest absolute Gasteiger partial charge is 0.426 e. The Morgan fingerprint density at radius 2 is 1.82 bits per heavy atom. The van der Waals surface area contributed by atoms with E-state index in [-0.39, 0.29) is 31.5 Å². The summed E-state index contributed by atoms with van der Waals surface area (Å²) < 4.78 is 45.7. The Kier molecular flexibility index (Phi) is 12.0. The van der Waals surface area contributed by atoms with E-state index in [9.17, 15) is 27.6 Å². The van der Waals surface area contributed by atoms with E-state index in [1.807, 2.05) is 19.9 Å². The van der Waals surface area contributed by atoms with Crippen LogP contribution in [0.25, 0.3) is 21.5 Å². The molecular formula is C41H54N8O9S2. The molecule has 17 nitrogen and oxygen atoms in total. The van der Waals surface area contributed by atoms with Gasteiger partial charge in [-0.25, -0.2) is 38.4 Å². The van der Waals surface area contributed by atoms with Crippen molar-refractivity contribution < 1.29 is 41.8 Å². The van der Waals surface area contributed by atoms with Gasteiger partial charge in [0.2, 0.25) is 15.9 Å². The van der Waals surface area contributed by atoms with E-state index in [4.69, 9.17) is 19.2 Å². The summed E-state index contributed by atoms with van der Waals surface area (Å²) in [5, 5.41) is 7.99. The Hall–Kier alpha value is -5.17. The molecule has 7 rings (SSSR count). The first-order valence-electron chi connectivity index (χ1n) is 20.4. The Labute approximate surface area is 354 Å². The number of nitrogens with zero attached hydrogens (tertiary/aromatic N) is 4. The summed E-state index contributed by atoms with van der Waals surface area (Å²) in [6, 6.07) is 5.44. The number of thiazole rings is 1. The number of fused-ring (bicyclic) bond motifs is 1. The highest BCUT2D eigenvalue weighted by Gasteiger charge is 2.62. The van der Waals surface area contributed by atoms with Gasteiger partial charge in [-0.15, -0.1) is 6.58 Å². The number of nitrogens with one attached hydrogen (secondary N) is 4. The number of amides is 5. The fourth-order valence-corrected chi connectivity index (χ4v) is 9.97. The molecule has 324 valence electrons. The quantitative estimate of drug-likeness (QED) is 0.124. The van der Waals surface area contributed by atoms with Crippen molar-refractivity contribution in [1.82, 2.24) is 35.3 Å². The summed E-state index contributed by atoms with van der Waals surface area (Å²) in [6.07, 6.45) is 5.72. The minimum Gasteiger partial charge on any atom is -0.497 e. The lowest BCUT2D eigenvalue weighted by Crippen LogP contribution is -2.63. The number of aromatic nitrogens is 2. The lowest BCUT2D eigenvalue weighted by molar-refractivity contribution is -0.131. The first-order valence-corrected chi connectivity index (χ1v) is 22.7. The molecule has 1 aliphatic heterocycles. The maximum atomic E-state index is 14.7. The lowest BCUT2D eigenvalue weighted by Gasteiger charge is -2.39. The second-order valence-corrected chi connectivity index (χ2v) is 20.2. The van der Waals surface area contributed by atoms with Crippen LogP contribution in [0, 0.1) is 5.92 Å². The number of benzene rings is 1. The summed E-state index contributed by atoms with van der Waals surface area (Å²) in [4.78, 5) is 67.6. The van der Waals surface area contributed by atoms with Gasteiger partial charge >= 0.3 is 12.1 Å². The lowest BCUT2D eigenvalue weighted by atomic mass is 10.1. The molecule has 2 unspecified atom stereocenters. The largest absolute Gasteiger partial charge is 0.497 e. The topological polar surface area (TPSA) is 210 Å². The van der Waals surface area contributed by atoms with Crippen LogP contribution in [0.3, 0.4) is 0 Å². The molecule has 4 aliphatic rings. The highest BCUT2D eigenvalue weighted by molar-refractivity contribution is 7.91. The number of hydrogen-bond acceptors (Lipinski definition) is 13. The molecule has 60 heavy (non-hydrogen) atoms. The standard InChI is InChI=1S/C41H54N8O9S2/c1-8-24-20-41(24,36(51)47-60(54,55)28-14-15-28)45-35(50)32-18-27(22-48(32)39(53)49(40(4,5)6)46-38(52)58-25-11-9-10-12-25)57-33-19-31(34-21-42-37(59-34)43-23(2)3)44-30-17-26(56-7)13-16-29(30)33/h8,13,16-17,19,21,23-25,27-28,32H,1,9-12,14-15,18,20,22H2,2-7H3,(H,42,43)(H,45,50)(H,46,52)(H,47,51)/t24-,27?,32+,41?/m1/s1. The molecule has 3 saturated carbocycles. The number of anilines is 1. The third kappa shape index (κ3) is 9.26. The van der Waals surface area contributed by atoms with Crippen LogP contribution in [0.4, 0.5) is 14.7 Å². The molecule has 4 N–H and O–H groups in total. The molecule has 1 saturated heterocycles. The van der Waals surface area contributed by atoms with Crippen molar-refractivity contribution in [3.63, 3.8) is 0 Å². The van der Waals surface area contributed by atoms with Gasteiger partial charge in [-0.3, -0.25) is 14.3 Å². The minimum absolute atomic E-state index is 0.0166. The molecule has 1 aromatic carbocycles. The van der Waals surface area contributed by atoms with Gasteiger partial charge in [-0.05, 0) is 91.7 Å². The Balaban J connectivity index is 1.21. The van der Waals surface area contributed by atoms with E-state index < -0.39 is 68.4 Å². The molecule has 3 heterocycles. The van der Waals surface area contributed by atoms with Crippen molar-refractivity contribution in [1.29, 1.82) is 0 Å². The molecular weight excluding hydrogens is 813 g/mol. The van der Waals surface area contributed by atoms with Crippen molar-refractivity contribution >= 4 is 61.3 Å². The number of pyridine rings is 1. The fraction of sp³-hybridized carbons (Fsp3) is 0.561. The van der Waals surface area contributed by atoms with Gasteiger partial charge in [0.25, 0.3) is 5.91 Å². The van der Waals surface area contributed by atoms with Crippen LogP contribution in [0.15, 0.2) is 43.1 Å². The molecule has 3 aromatic rings. The molecule has 0 spiro atoms. The number of hydrogen-bond donors (Lipinski definition) is 4. The zero-order chi connectivity index (χ0) is 43.1. The van der Waals surface area contributed by atoms with Gasteiger partial charge < -0.3 is 29.7 Å². The minimum atomic E-state index is -3.93. The van der Waals surface area contributed by atoms with Crippen LogP contribution >= 0.6 is 11.3 Å². The van der Waals surface area contributed by atoms with E-state index in [0.29, 0.717) is 40.9 Å². The number of methoxy groups -OCH3 is 1. The normalized spacial score (nSPS) is 22.9. The van der Waals surface area contributed by atoms with Crippen LogP contribution in [0.1, 0.15) is 86.0 Å². The molecule has 3 aliphatic carbocycles. The van der Waals surface area contributed by atoms with E-state index in [1.165, 1.54) is 22.3 Å². The summed E-state index contributed by atoms with van der Waals surface area (Å²) in [7, 11) is -2.37. The van der Waals surface area contributed by atoms with E-state index in [0.717, 1.165) is 40.7 Å². The molecule has 0 bridgehead atoms. The number of likely N-dealkylation sites (tertiary alicyclic amines) is 1.